The number of nitrogens with one attached hydrogen (secondary N) is 1. The minimum Gasteiger partial charge on any atom is -0.293 e. The van der Waals surface area contributed by atoms with Gasteiger partial charge in [0.2, 0.25) is 10.0 Å². The van der Waals surface area contributed by atoms with Crippen molar-refractivity contribution in [2.45, 2.75) is 44.1 Å². The third-order valence-corrected chi connectivity index (χ3v) is 6.86. The quantitative estimate of drug-likeness (QED) is 0.863. The van der Waals surface area contributed by atoms with Crippen molar-refractivity contribution in [2.75, 3.05) is 24.1 Å². The summed E-state index contributed by atoms with van der Waals surface area (Å²) >= 11 is 0. The van der Waals surface area contributed by atoms with Crippen LogP contribution in [0.25, 0.3) is 0 Å². The van der Waals surface area contributed by atoms with Crippen molar-refractivity contribution in [3.8, 4) is 0 Å². The molecule has 0 spiro atoms. The van der Waals surface area contributed by atoms with Gasteiger partial charge in [0.1, 0.15) is 0 Å². The van der Waals surface area contributed by atoms with Crippen LogP contribution < -0.4 is 4.72 Å². The first-order valence-corrected chi connectivity index (χ1v) is 11.7. The third kappa shape index (κ3) is 3.76. The van der Waals surface area contributed by atoms with Gasteiger partial charge < -0.3 is 0 Å². The van der Waals surface area contributed by atoms with Crippen LogP contribution in [0.15, 0.2) is 48.5 Å². The van der Waals surface area contributed by atoms with E-state index in [1.165, 1.54) is 29.4 Å². The fourth-order valence-electron chi connectivity index (χ4n) is 4.90. The van der Waals surface area contributed by atoms with E-state index < -0.39 is 10.0 Å². The van der Waals surface area contributed by atoms with E-state index in [2.05, 4.69) is 52.9 Å². The van der Waals surface area contributed by atoms with Gasteiger partial charge in [0.15, 0.2) is 0 Å². The number of aryl methyl sites for hydroxylation is 1. The zero-order valence-corrected chi connectivity index (χ0v) is 16.9. The first-order valence-electron chi connectivity index (χ1n) is 9.76. The first-order chi connectivity index (χ1) is 12.9. The predicted octanol–water partition coefficient (Wildman–Crippen LogP) is 4.10. The number of nitrogens with zero attached hydrogens (tertiary/aromatic N) is 1. The second-order valence-electron chi connectivity index (χ2n) is 8.22. The lowest BCUT2D eigenvalue weighted by atomic mass is 9.76. The van der Waals surface area contributed by atoms with Crippen LogP contribution in [0.3, 0.4) is 0 Å². The van der Waals surface area contributed by atoms with Crippen LogP contribution >= 0.6 is 0 Å². The number of hydrogen-bond donors (Lipinski definition) is 1. The molecule has 1 aliphatic heterocycles. The number of hydrogen-bond acceptors (Lipinski definition) is 3. The van der Waals surface area contributed by atoms with E-state index in [4.69, 9.17) is 0 Å². The Morgan fingerprint density at radius 1 is 1.15 bits per heavy atom. The van der Waals surface area contributed by atoms with Gasteiger partial charge in [-0.15, -0.1) is 0 Å². The molecule has 0 bridgehead atoms. The van der Waals surface area contributed by atoms with Gasteiger partial charge in [-0.1, -0.05) is 36.4 Å². The van der Waals surface area contributed by atoms with Gasteiger partial charge in [-0.05, 0) is 73.9 Å². The van der Waals surface area contributed by atoms with E-state index >= 15 is 0 Å². The number of benzene rings is 2. The fraction of sp³-hybridized carbons (Fsp3) is 0.455. The molecule has 2 aromatic carbocycles. The molecule has 1 fully saturated rings. The molecule has 1 heterocycles. The molecule has 4 nitrogen and oxygen atoms in total. The van der Waals surface area contributed by atoms with E-state index in [0.29, 0.717) is 11.6 Å². The number of rotatable bonds is 4. The maximum atomic E-state index is 11.6. The summed E-state index contributed by atoms with van der Waals surface area (Å²) in [6.07, 6.45) is 5.70. The summed E-state index contributed by atoms with van der Waals surface area (Å²) in [5.74, 6) is 0.597. The summed E-state index contributed by atoms with van der Waals surface area (Å²) in [6, 6.07) is 16.9. The monoisotopic (exact) mass is 384 g/mol. The van der Waals surface area contributed by atoms with Crippen molar-refractivity contribution in [1.29, 1.82) is 0 Å². The standard InChI is InChI=1S/C22H28N2O2S/c1-22(24-14-12-19(16-24)17-7-4-3-5-8-17)13-6-9-18-15-20(10-11-21(18)22)23-27(2,25)26/h3-5,7-8,10-11,15,19,23H,6,9,12-14,16H2,1-2H3. The van der Waals surface area contributed by atoms with Crippen LogP contribution in [0, 0.1) is 0 Å². The number of likely N-dealkylation sites (tertiary alicyclic amines) is 1. The highest BCUT2D eigenvalue weighted by Crippen LogP contribution is 2.44. The summed E-state index contributed by atoms with van der Waals surface area (Å²) in [7, 11) is -3.25. The maximum Gasteiger partial charge on any atom is 0.229 e. The maximum absolute atomic E-state index is 11.6. The minimum absolute atomic E-state index is 0.0285. The zero-order chi connectivity index (χ0) is 19.1. The van der Waals surface area contributed by atoms with Gasteiger partial charge in [-0.2, -0.15) is 0 Å². The molecular weight excluding hydrogens is 356 g/mol. The molecule has 0 radical (unpaired) electrons. The van der Waals surface area contributed by atoms with E-state index in [9.17, 15) is 8.42 Å². The Morgan fingerprint density at radius 3 is 2.67 bits per heavy atom. The lowest BCUT2D eigenvalue weighted by Crippen LogP contribution is -2.44. The van der Waals surface area contributed by atoms with Gasteiger partial charge in [-0.25, -0.2) is 8.42 Å². The predicted molar refractivity (Wildman–Crippen MR) is 111 cm³/mol. The molecule has 0 saturated carbocycles. The summed E-state index contributed by atoms with van der Waals surface area (Å²) in [4.78, 5) is 2.65. The van der Waals surface area contributed by atoms with Crippen molar-refractivity contribution >= 4 is 15.7 Å². The molecule has 4 rings (SSSR count). The minimum atomic E-state index is -3.25. The molecule has 2 unspecified atom stereocenters. The molecule has 2 atom stereocenters. The highest BCUT2D eigenvalue weighted by atomic mass is 32.2. The number of sulfonamides is 1. The highest BCUT2D eigenvalue weighted by Gasteiger charge is 2.41. The normalized spacial score (nSPS) is 25.9. The van der Waals surface area contributed by atoms with Crippen LogP contribution in [0.5, 0.6) is 0 Å². The van der Waals surface area contributed by atoms with Crippen molar-refractivity contribution in [3.63, 3.8) is 0 Å². The Bertz CT molecular complexity index is 927. The van der Waals surface area contributed by atoms with E-state index in [1.54, 1.807) is 0 Å². The van der Waals surface area contributed by atoms with E-state index in [-0.39, 0.29) is 5.54 Å². The third-order valence-electron chi connectivity index (χ3n) is 6.26. The second kappa shape index (κ2) is 6.95. The van der Waals surface area contributed by atoms with Gasteiger partial charge in [0.25, 0.3) is 0 Å². The van der Waals surface area contributed by atoms with Gasteiger partial charge in [0.05, 0.1) is 6.26 Å². The largest absolute Gasteiger partial charge is 0.293 e. The zero-order valence-electron chi connectivity index (χ0n) is 16.1. The molecule has 0 amide bonds. The molecule has 27 heavy (non-hydrogen) atoms. The van der Waals surface area contributed by atoms with Gasteiger partial charge in [0, 0.05) is 17.8 Å². The van der Waals surface area contributed by atoms with E-state index in [0.717, 1.165) is 32.4 Å². The fourth-order valence-corrected chi connectivity index (χ4v) is 5.45. The van der Waals surface area contributed by atoms with Crippen molar-refractivity contribution in [2.24, 2.45) is 0 Å². The average Bonchev–Trinajstić information content (AvgIpc) is 3.12. The van der Waals surface area contributed by atoms with Crippen LogP contribution in [0.2, 0.25) is 0 Å². The molecule has 1 saturated heterocycles. The smallest absolute Gasteiger partial charge is 0.229 e. The van der Waals surface area contributed by atoms with Crippen LogP contribution in [0.4, 0.5) is 5.69 Å². The second-order valence-corrected chi connectivity index (χ2v) is 9.96. The van der Waals surface area contributed by atoms with Crippen molar-refractivity contribution < 1.29 is 8.42 Å². The lowest BCUT2D eigenvalue weighted by Gasteiger charge is -2.44. The molecule has 1 aliphatic carbocycles. The lowest BCUT2D eigenvalue weighted by molar-refractivity contribution is 0.111. The van der Waals surface area contributed by atoms with Crippen LogP contribution in [0.1, 0.15) is 48.8 Å². The summed E-state index contributed by atoms with van der Waals surface area (Å²) in [5.41, 5.74) is 4.78. The molecule has 2 aliphatic rings. The molecule has 144 valence electrons. The average molecular weight is 385 g/mol. The summed E-state index contributed by atoms with van der Waals surface area (Å²) in [6.45, 7) is 4.56. The van der Waals surface area contributed by atoms with E-state index in [1.807, 2.05) is 12.1 Å². The Balaban J connectivity index is 1.60. The van der Waals surface area contributed by atoms with Crippen LogP contribution in [-0.2, 0) is 22.0 Å². The Labute approximate surface area is 162 Å². The van der Waals surface area contributed by atoms with Crippen molar-refractivity contribution in [1.82, 2.24) is 4.90 Å². The Morgan fingerprint density at radius 2 is 1.93 bits per heavy atom. The molecular formula is C22H28N2O2S. The Hall–Kier alpha value is -1.85. The molecule has 5 heteroatoms. The summed E-state index contributed by atoms with van der Waals surface area (Å²) < 4.78 is 25.7. The molecule has 1 N–H and O–H groups in total. The SMILES string of the molecule is CC1(N2CCC(c3ccccc3)C2)CCCc2cc(NS(C)(=O)=O)ccc21. The van der Waals surface area contributed by atoms with Crippen LogP contribution in [-0.4, -0.2) is 32.7 Å². The number of fused-ring (bicyclic) bond motifs is 1. The van der Waals surface area contributed by atoms with Crippen molar-refractivity contribution in [3.05, 3.63) is 65.2 Å². The highest BCUT2D eigenvalue weighted by molar-refractivity contribution is 7.92. The Kier molecular flexibility index (Phi) is 4.77. The van der Waals surface area contributed by atoms with Gasteiger partial charge in [-0.3, -0.25) is 9.62 Å². The molecule has 0 aromatic heterocycles. The van der Waals surface area contributed by atoms with Gasteiger partial charge >= 0.3 is 0 Å². The first kappa shape index (κ1) is 18.5. The number of anilines is 1. The molecule has 2 aromatic rings. The summed E-state index contributed by atoms with van der Waals surface area (Å²) in [5, 5.41) is 0. The topological polar surface area (TPSA) is 49.4 Å².